The Morgan fingerprint density at radius 1 is 0.821 bits per heavy atom. The molecule has 5 aromatic rings. The van der Waals surface area contributed by atoms with E-state index in [1.54, 1.807) is 30.3 Å². The summed E-state index contributed by atoms with van der Waals surface area (Å²) >= 11 is 15.1. The fourth-order valence-corrected chi connectivity index (χ4v) is 6.03. The van der Waals surface area contributed by atoms with Crippen LogP contribution in [0.3, 0.4) is 0 Å². The van der Waals surface area contributed by atoms with Gasteiger partial charge in [0.25, 0.3) is 5.91 Å². The molecule has 0 spiro atoms. The number of hydrogen-bond acceptors (Lipinski definition) is 5. The SMILES string of the molecule is O=C(Nc1cccc(SC(C(=O)Nc2nc(-c3ccccc3Cl)cs2)c2ccccc2)c1)c1cccc(Cl)c1. The maximum absolute atomic E-state index is 13.5. The van der Waals surface area contributed by atoms with Crippen molar-refractivity contribution in [3.05, 3.63) is 130 Å². The number of thiazole rings is 1. The van der Waals surface area contributed by atoms with Gasteiger partial charge in [-0.1, -0.05) is 83.9 Å². The summed E-state index contributed by atoms with van der Waals surface area (Å²) in [4.78, 5) is 31.6. The quantitative estimate of drug-likeness (QED) is 0.177. The molecule has 1 heterocycles. The number of carbonyl (C=O) groups is 2. The summed E-state index contributed by atoms with van der Waals surface area (Å²) in [6.07, 6.45) is 0. The number of halogens is 2. The van der Waals surface area contributed by atoms with Crippen LogP contribution in [-0.4, -0.2) is 16.8 Å². The number of nitrogens with zero attached hydrogens (tertiary/aromatic N) is 1. The molecule has 0 aliphatic rings. The van der Waals surface area contributed by atoms with Crippen LogP contribution in [0.4, 0.5) is 10.8 Å². The van der Waals surface area contributed by atoms with Crippen LogP contribution >= 0.6 is 46.3 Å². The average Bonchev–Trinajstić information content (AvgIpc) is 3.40. The standard InChI is InChI=1S/C30H21Cl2N3O2S2/c31-21-11-6-10-20(16-21)28(36)33-22-12-7-13-23(17-22)39-27(19-8-2-1-3-9-19)29(37)35-30-34-26(18-38-30)24-14-4-5-15-25(24)32/h1-18,27H,(H,33,36)(H,34,35,37). The first-order chi connectivity index (χ1) is 19.0. The number of anilines is 2. The van der Waals surface area contributed by atoms with Crippen molar-refractivity contribution in [2.75, 3.05) is 10.6 Å². The molecule has 5 rings (SSSR count). The summed E-state index contributed by atoms with van der Waals surface area (Å²) < 4.78 is 0. The van der Waals surface area contributed by atoms with Gasteiger partial charge in [-0.3, -0.25) is 9.59 Å². The molecule has 194 valence electrons. The van der Waals surface area contributed by atoms with E-state index in [1.165, 1.54) is 23.1 Å². The molecule has 1 aromatic heterocycles. The lowest BCUT2D eigenvalue weighted by atomic mass is 10.1. The summed E-state index contributed by atoms with van der Waals surface area (Å²) in [7, 11) is 0. The highest BCUT2D eigenvalue weighted by Gasteiger charge is 2.23. The highest BCUT2D eigenvalue weighted by molar-refractivity contribution is 8.00. The van der Waals surface area contributed by atoms with Crippen LogP contribution in [0.1, 0.15) is 21.2 Å². The second-order valence-corrected chi connectivity index (χ2v) is 11.3. The molecule has 0 aliphatic heterocycles. The minimum atomic E-state index is -0.558. The summed E-state index contributed by atoms with van der Waals surface area (Å²) in [5.74, 6) is -0.477. The van der Waals surface area contributed by atoms with E-state index in [-0.39, 0.29) is 11.8 Å². The number of hydrogen-bond donors (Lipinski definition) is 2. The Morgan fingerprint density at radius 2 is 1.59 bits per heavy atom. The van der Waals surface area contributed by atoms with Gasteiger partial charge in [-0.25, -0.2) is 4.98 Å². The van der Waals surface area contributed by atoms with Crippen LogP contribution in [0.25, 0.3) is 11.3 Å². The molecular weight excluding hydrogens is 569 g/mol. The van der Waals surface area contributed by atoms with Crippen molar-refractivity contribution >= 4 is 68.9 Å². The third kappa shape index (κ3) is 6.88. The predicted molar refractivity (Wildman–Crippen MR) is 162 cm³/mol. The van der Waals surface area contributed by atoms with Gasteiger partial charge in [-0.15, -0.1) is 23.1 Å². The fraction of sp³-hybridized carbons (Fsp3) is 0.0333. The Kier molecular flexibility index (Phi) is 8.64. The van der Waals surface area contributed by atoms with E-state index in [2.05, 4.69) is 15.6 Å². The Hall–Kier alpha value is -3.62. The van der Waals surface area contributed by atoms with Crippen molar-refractivity contribution in [2.24, 2.45) is 0 Å². The van der Waals surface area contributed by atoms with Gasteiger partial charge in [0.15, 0.2) is 5.13 Å². The molecule has 0 saturated carbocycles. The van der Waals surface area contributed by atoms with Gasteiger partial charge >= 0.3 is 0 Å². The first kappa shape index (κ1) is 27.0. The number of carbonyl (C=O) groups excluding carboxylic acids is 2. The molecule has 0 fully saturated rings. The third-order valence-corrected chi connectivity index (χ3v) is 8.23. The van der Waals surface area contributed by atoms with E-state index in [1.807, 2.05) is 78.2 Å². The predicted octanol–water partition coefficient (Wildman–Crippen LogP) is 8.84. The summed E-state index contributed by atoms with van der Waals surface area (Å²) in [6.45, 7) is 0. The number of benzene rings is 4. The zero-order valence-electron chi connectivity index (χ0n) is 20.3. The summed E-state index contributed by atoms with van der Waals surface area (Å²) in [6, 6.07) is 31.1. The van der Waals surface area contributed by atoms with Crippen molar-refractivity contribution in [2.45, 2.75) is 10.1 Å². The van der Waals surface area contributed by atoms with E-state index in [9.17, 15) is 9.59 Å². The number of nitrogens with one attached hydrogen (secondary N) is 2. The highest BCUT2D eigenvalue weighted by Crippen LogP contribution is 2.38. The molecule has 1 unspecified atom stereocenters. The monoisotopic (exact) mass is 589 g/mol. The van der Waals surface area contributed by atoms with Gasteiger partial charge < -0.3 is 10.6 Å². The van der Waals surface area contributed by atoms with E-state index in [0.717, 1.165) is 16.0 Å². The normalized spacial score (nSPS) is 11.5. The number of amides is 2. The summed E-state index contributed by atoms with van der Waals surface area (Å²) in [5, 5.41) is 8.75. The van der Waals surface area contributed by atoms with E-state index < -0.39 is 5.25 Å². The number of rotatable bonds is 8. The Balaban J connectivity index is 1.34. The zero-order valence-corrected chi connectivity index (χ0v) is 23.5. The Labute approximate surface area is 244 Å². The lowest BCUT2D eigenvalue weighted by Crippen LogP contribution is -2.19. The average molecular weight is 591 g/mol. The molecule has 5 nitrogen and oxygen atoms in total. The largest absolute Gasteiger partial charge is 0.322 e. The third-order valence-electron chi connectivity index (χ3n) is 5.66. The molecule has 0 bridgehead atoms. The Morgan fingerprint density at radius 3 is 2.38 bits per heavy atom. The van der Waals surface area contributed by atoms with Gasteiger partial charge in [0, 0.05) is 37.1 Å². The topological polar surface area (TPSA) is 71.1 Å². The Bertz CT molecular complexity index is 1630. The number of aromatic nitrogens is 1. The maximum atomic E-state index is 13.5. The maximum Gasteiger partial charge on any atom is 0.255 e. The molecule has 4 aromatic carbocycles. The van der Waals surface area contributed by atoms with Crippen molar-refractivity contribution in [1.82, 2.24) is 4.98 Å². The molecule has 2 N–H and O–H groups in total. The van der Waals surface area contributed by atoms with E-state index in [4.69, 9.17) is 23.2 Å². The molecule has 39 heavy (non-hydrogen) atoms. The minimum absolute atomic E-state index is 0.209. The van der Waals surface area contributed by atoms with Gasteiger partial charge in [0.05, 0.1) is 5.69 Å². The van der Waals surface area contributed by atoms with Crippen molar-refractivity contribution in [3.63, 3.8) is 0 Å². The second-order valence-electron chi connectivity index (χ2n) is 8.41. The molecule has 2 amide bonds. The van der Waals surface area contributed by atoms with Gasteiger partial charge in [-0.05, 0) is 48.0 Å². The molecule has 1 atom stereocenters. The molecule has 0 aliphatic carbocycles. The molecular formula is C30H21Cl2N3O2S2. The van der Waals surface area contributed by atoms with Crippen LogP contribution in [0.15, 0.2) is 113 Å². The van der Waals surface area contributed by atoms with Crippen LogP contribution in [0.5, 0.6) is 0 Å². The minimum Gasteiger partial charge on any atom is -0.322 e. The van der Waals surface area contributed by atoms with Gasteiger partial charge in [0.2, 0.25) is 5.91 Å². The van der Waals surface area contributed by atoms with E-state index >= 15 is 0 Å². The van der Waals surface area contributed by atoms with Crippen LogP contribution in [-0.2, 0) is 4.79 Å². The smallest absolute Gasteiger partial charge is 0.255 e. The second kappa shape index (κ2) is 12.5. The zero-order chi connectivity index (χ0) is 27.2. The van der Waals surface area contributed by atoms with Crippen LogP contribution in [0, 0.1) is 0 Å². The molecule has 0 radical (unpaired) electrons. The lowest BCUT2D eigenvalue weighted by molar-refractivity contribution is -0.115. The van der Waals surface area contributed by atoms with Gasteiger partial charge in [-0.2, -0.15) is 0 Å². The lowest BCUT2D eigenvalue weighted by Gasteiger charge is -2.17. The van der Waals surface area contributed by atoms with Gasteiger partial charge in [0.1, 0.15) is 5.25 Å². The van der Waals surface area contributed by atoms with E-state index in [0.29, 0.717) is 32.1 Å². The van der Waals surface area contributed by atoms with Crippen LogP contribution < -0.4 is 10.6 Å². The van der Waals surface area contributed by atoms with Crippen molar-refractivity contribution in [1.29, 1.82) is 0 Å². The first-order valence-corrected chi connectivity index (χ1v) is 14.4. The fourth-order valence-electron chi connectivity index (χ4n) is 3.81. The summed E-state index contributed by atoms with van der Waals surface area (Å²) in [5.41, 5.74) is 3.42. The number of thioether (sulfide) groups is 1. The van der Waals surface area contributed by atoms with Crippen molar-refractivity contribution < 1.29 is 9.59 Å². The van der Waals surface area contributed by atoms with Crippen LogP contribution in [0.2, 0.25) is 10.0 Å². The van der Waals surface area contributed by atoms with Crippen molar-refractivity contribution in [3.8, 4) is 11.3 Å². The molecule has 9 heteroatoms. The molecule has 0 saturated heterocycles. The highest BCUT2D eigenvalue weighted by atomic mass is 35.5. The first-order valence-electron chi connectivity index (χ1n) is 11.9.